The zero-order valence-electron chi connectivity index (χ0n) is 17.9. The lowest BCUT2D eigenvalue weighted by Gasteiger charge is -2.44. The Hall–Kier alpha value is -2.30. The van der Waals surface area contributed by atoms with Crippen molar-refractivity contribution < 1.29 is 28.6 Å². The number of thioether (sulfide) groups is 2. The summed E-state index contributed by atoms with van der Waals surface area (Å²) in [5.74, 6) is -0.834. The van der Waals surface area contributed by atoms with Crippen molar-refractivity contribution >= 4 is 69.7 Å². The van der Waals surface area contributed by atoms with Crippen LogP contribution in [0, 0.1) is 0 Å². The van der Waals surface area contributed by atoms with Gasteiger partial charge in [-0.2, -0.15) is 0 Å². The van der Waals surface area contributed by atoms with Crippen molar-refractivity contribution in [3.63, 3.8) is 0 Å². The van der Waals surface area contributed by atoms with Crippen molar-refractivity contribution in [2.24, 2.45) is 0 Å². The lowest BCUT2D eigenvalue weighted by molar-refractivity contribution is -0.138. The van der Waals surface area contributed by atoms with E-state index in [4.69, 9.17) is 26.4 Å². The number of nitrogens with zero attached hydrogens (tertiary/aromatic N) is 1. The van der Waals surface area contributed by atoms with Gasteiger partial charge in [-0.15, -0.1) is 0 Å². The predicted octanol–water partition coefficient (Wildman–Crippen LogP) is 3.92. The van der Waals surface area contributed by atoms with Gasteiger partial charge in [-0.1, -0.05) is 35.7 Å². The van der Waals surface area contributed by atoms with Crippen LogP contribution in [0.3, 0.4) is 0 Å². The molecule has 10 heteroatoms. The highest BCUT2D eigenvalue weighted by Gasteiger charge is 2.45. The van der Waals surface area contributed by atoms with Gasteiger partial charge in [0.05, 0.1) is 41.7 Å². The molecule has 0 saturated heterocycles. The van der Waals surface area contributed by atoms with E-state index in [1.165, 1.54) is 21.1 Å². The molecule has 0 bridgehead atoms. The second-order valence-electron chi connectivity index (χ2n) is 7.13. The molecule has 0 atom stereocenters. The zero-order chi connectivity index (χ0) is 23.1. The molecule has 0 spiro atoms. The van der Waals surface area contributed by atoms with Crippen molar-refractivity contribution in [3.05, 3.63) is 37.8 Å². The molecule has 0 aromatic heterocycles. The van der Waals surface area contributed by atoms with Crippen LogP contribution in [0.25, 0.3) is 5.57 Å². The second-order valence-corrected chi connectivity index (χ2v) is 9.84. The second kappa shape index (κ2) is 8.68. The van der Waals surface area contributed by atoms with Gasteiger partial charge in [-0.05, 0) is 32.0 Å². The number of fused-ring (bicyclic) bond motifs is 1. The first-order valence-corrected chi connectivity index (χ1v) is 11.2. The number of carbonyl (C=O) groups is 3. The fourth-order valence-electron chi connectivity index (χ4n) is 3.49. The van der Waals surface area contributed by atoms with E-state index >= 15 is 0 Å². The Kier molecular flexibility index (Phi) is 6.54. The molecule has 164 valence electrons. The summed E-state index contributed by atoms with van der Waals surface area (Å²) in [6, 6.07) is 5.37. The number of hydrogen-bond donors (Lipinski definition) is 0. The molecule has 31 heavy (non-hydrogen) atoms. The summed E-state index contributed by atoms with van der Waals surface area (Å²) in [5, 5.41) is 0. The first-order chi connectivity index (χ1) is 14.6. The van der Waals surface area contributed by atoms with Gasteiger partial charge in [0.1, 0.15) is 15.6 Å². The standard InChI is InChI=1S/C21H21NO6S3/c1-10(23)22-13-8-7-11(26-4)9-12(13)14(17(29)21(22,2)3)20-30-15(18(24)27-5)16(31-20)19(25)28-6/h7-9H,1-6H3. The fourth-order valence-corrected chi connectivity index (χ4v) is 6.52. The summed E-state index contributed by atoms with van der Waals surface area (Å²) in [6.45, 7) is 5.22. The van der Waals surface area contributed by atoms with Crippen LogP contribution in [-0.4, -0.2) is 49.6 Å². The predicted molar refractivity (Wildman–Crippen MR) is 126 cm³/mol. The first-order valence-electron chi connectivity index (χ1n) is 9.13. The van der Waals surface area contributed by atoms with E-state index in [1.807, 2.05) is 13.8 Å². The van der Waals surface area contributed by atoms with Crippen molar-refractivity contribution in [3.8, 4) is 5.75 Å². The van der Waals surface area contributed by atoms with Crippen LogP contribution in [0.2, 0.25) is 0 Å². The Morgan fingerprint density at radius 2 is 1.55 bits per heavy atom. The van der Waals surface area contributed by atoms with E-state index in [-0.39, 0.29) is 15.7 Å². The Labute approximate surface area is 194 Å². The molecular formula is C21H21NO6S3. The van der Waals surface area contributed by atoms with Crippen molar-refractivity contribution in [2.45, 2.75) is 26.3 Å². The molecule has 0 fully saturated rings. The highest BCUT2D eigenvalue weighted by atomic mass is 32.2. The number of amides is 1. The number of rotatable bonds is 3. The largest absolute Gasteiger partial charge is 0.497 e. The number of methoxy groups -OCH3 is 3. The number of benzene rings is 1. The van der Waals surface area contributed by atoms with Crippen LogP contribution in [0.4, 0.5) is 5.69 Å². The molecule has 0 N–H and O–H groups in total. The molecule has 0 unspecified atom stereocenters. The van der Waals surface area contributed by atoms with Gasteiger partial charge in [0.25, 0.3) is 0 Å². The van der Waals surface area contributed by atoms with Crippen LogP contribution >= 0.6 is 35.7 Å². The summed E-state index contributed by atoms with van der Waals surface area (Å²) in [4.78, 5) is 39.6. The summed E-state index contributed by atoms with van der Waals surface area (Å²) in [6.07, 6.45) is 0. The van der Waals surface area contributed by atoms with Gasteiger partial charge < -0.3 is 19.1 Å². The number of ether oxygens (including phenoxy) is 3. The van der Waals surface area contributed by atoms with E-state index < -0.39 is 17.5 Å². The average Bonchev–Trinajstić information content (AvgIpc) is 3.17. The maximum atomic E-state index is 12.5. The molecule has 1 amide bonds. The lowest BCUT2D eigenvalue weighted by Crippen LogP contribution is -2.55. The van der Waals surface area contributed by atoms with Crippen LogP contribution in [0.15, 0.2) is 32.2 Å². The van der Waals surface area contributed by atoms with Gasteiger partial charge in [-0.25, -0.2) is 9.59 Å². The minimum Gasteiger partial charge on any atom is -0.497 e. The van der Waals surface area contributed by atoms with Crippen molar-refractivity contribution in [1.82, 2.24) is 0 Å². The number of anilines is 1. The van der Waals surface area contributed by atoms with Crippen molar-refractivity contribution in [1.29, 1.82) is 0 Å². The molecule has 1 aromatic rings. The third-order valence-electron chi connectivity index (χ3n) is 4.91. The Bertz CT molecular complexity index is 1040. The van der Waals surface area contributed by atoms with E-state index in [1.54, 1.807) is 30.2 Å². The molecule has 7 nitrogen and oxygen atoms in total. The highest BCUT2D eigenvalue weighted by molar-refractivity contribution is 8.29. The number of esters is 2. The third kappa shape index (κ3) is 3.88. The number of carbonyl (C=O) groups excluding carboxylic acids is 3. The molecule has 0 radical (unpaired) electrons. The smallest absolute Gasteiger partial charge is 0.346 e. The molecule has 2 heterocycles. The molecular weight excluding hydrogens is 458 g/mol. The summed E-state index contributed by atoms with van der Waals surface area (Å²) < 4.78 is 15.7. The Balaban J connectivity index is 2.28. The van der Waals surface area contributed by atoms with Gasteiger partial charge in [0.15, 0.2) is 0 Å². The Morgan fingerprint density at radius 1 is 1.00 bits per heavy atom. The summed E-state index contributed by atoms with van der Waals surface area (Å²) in [7, 11) is 4.05. The molecule has 0 saturated carbocycles. The SMILES string of the molecule is COC(=O)C1=C(C(=O)OC)SC(=C2C(=S)C(C)(C)N(C(C)=O)c3ccc(OC)cc32)S1. The first kappa shape index (κ1) is 23.4. The van der Waals surface area contributed by atoms with Gasteiger partial charge in [0, 0.05) is 18.1 Å². The number of thiocarbonyl (C=S) groups is 1. The van der Waals surface area contributed by atoms with Crippen LogP contribution in [-0.2, 0) is 23.9 Å². The maximum absolute atomic E-state index is 12.5. The van der Waals surface area contributed by atoms with Crippen LogP contribution in [0.5, 0.6) is 5.75 Å². The Morgan fingerprint density at radius 3 is 2.00 bits per heavy atom. The third-order valence-corrected chi connectivity index (χ3v) is 8.17. The molecule has 2 aliphatic rings. The van der Waals surface area contributed by atoms with Gasteiger partial charge in [0.2, 0.25) is 5.91 Å². The van der Waals surface area contributed by atoms with Gasteiger partial charge in [-0.3, -0.25) is 4.79 Å². The van der Waals surface area contributed by atoms with Gasteiger partial charge >= 0.3 is 11.9 Å². The zero-order valence-corrected chi connectivity index (χ0v) is 20.3. The number of hydrogen-bond acceptors (Lipinski definition) is 9. The maximum Gasteiger partial charge on any atom is 0.346 e. The minimum absolute atomic E-state index is 0.140. The van der Waals surface area contributed by atoms with Crippen LogP contribution < -0.4 is 9.64 Å². The summed E-state index contributed by atoms with van der Waals surface area (Å²) >= 11 is 8.06. The van der Waals surface area contributed by atoms with E-state index in [0.717, 1.165) is 23.5 Å². The normalized spacial score (nSPS) is 17.5. The highest BCUT2D eigenvalue weighted by Crippen LogP contribution is 2.56. The molecule has 1 aromatic carbocycles. The quantitative estimate of drug-likeness (QED) is 0.364. The van der Waals surface area contributed by atoms with Crippen molar-refractivity contribution in [2.75, 3.05) is 26.2 Å². The topological polar surface area (TPSA) is 82.1 Å². The van der Waals surface area contributed by atoms with E-state index in [2.05, 4.69) is 0 Å². The summed E-state index contributed by atoms with van der Waals surface area (Å²) in [5.41, 5.74) is 1.21. The van der Waals surface area contributed by atoms with Crippen LogP contribution in [0.1, 0.15) is 26.3 Å². The monoisotopic (exact) mass is 479 g/mol. The average molecular weight is 480 g/mol. The molecule has 0 aliphatic carbocycles. The molecule has 2 aliphatic heterocycles. The van der Waals surface area contributed by atoms with E-state index in [9.17, 15) is 14.4 Å². The minimum atomic E-state index is -0.814. The lowest BCUT2D eigenvalue weighted by atomic mass is 9.83. The fraction of sp³-hybridized carbons (Fsp3) is 0.333. The van der Waals surface area contributed by atoms with E-state index in [0.29, 0.717) is 31.7 Å². The molecule has 3 rings (SSSR count).